The average molecular weight is 315 g/mol. The number of nitrogens with one attached hydrogen (secondary N) is 1. The van der Waals surface area contributed by atoms with Crippen LogP contribution in [0.3, 0.4) is 0 Å². The number of thiazole rings is 1. The lowest BCUT2D eigenvalue weighted by Crippen LogP contribution is -2.18. The molecule has 112 valence electrons. The van der Waals surface area contributed by atoms with Gasteiger partial charge < -0.3 is 11.1 Å². The van der Waals surface area contributed by atoms with Gasteiger partial charge in [0.05, 0.1) is 23.4 Å². The number of carbonyl (C=O) groups is 1. The monoisotopic (exact) mass is 315 g/mol. The van der Waals surface area contributed by atoms with Crippen LogP contribution in [0.5, 0.6) is 0 Å². The minimum Gasteiger partial charge on any atom is -0.325 e. The Bertz CT molecular complexity index is 640. The van der Waals surface area contributed by atoms with E-state index in [0.29, 0.717) is 10.7 Å². The molecule has 0 aliphatic carbocycles. The molecule has 1 amide bonds. The topological polar surface area (TPSA) is 68.0 Å². The summed E-state index contributed by atoms with van der Waals surface area (Å²) in [5, 5.41) is 4.61. The Morgan fingerprint density at radius 2 is 2.05 bits per heavy atom. The van der Waals surface area contributed by atoms with Crippen LogP contribution in [-0.2, 0) is 23.9 Å². The van der Waals surface area contributed by atoms with Crippen molar-refractivity contribution in [3.63, 3.8) is 0 Å². The second-order valence-corrected chi connectivity index (χ2v) is 5.15. The molecule has 0 aliphatic heterocycles. The van der Waals surface area contributed by atoms with E-state index in [1.54, 1.807) is 5.38 Å². The van der Waals surface area contributed by atoms with Gasteiger partial charge in [-0.25, -0.2) is 4.98 Å². The second-order valence-electron chi connectivity index (χ2n) is 4.21. The van der Waals surface area contributed by atoms with Crippen molar-refractivity contribution >= 4 is 22.9 Å². The lowest BCUT2D eigenvalue weighted by molar-refractivity contribution is -0.137. The minimum atomic E-state index is -4.52. The molecule has 0 radical (unpaired) electrons. The van der Waals surface area contributed by atoms with Crippen molar-refractivity contribution in [2.24, 2.45) is 5.73 Å². The van der Waals surface area contributed by atoms with Gasteiger partial charge in [0.1, 0.15) is 5.01 Å². The van der Waals surface area contributed by atoms with Gasteiger partial charge in [-0.2, -0.15) is 13.2 Å². The highest BCUT2D eigenvalue weighted by atomic mass is 32.1. The van der Waals surface area contributed by atoms with Crippen LogP contribution in [0.4, 0.5) is 18.9 Å². The van der Waals surface area contributed by atoms with Gasteiger partial charge in [-0.1, -0.05) is 12.1 Å². The Labute approximate surface area is 122 Å². The molecule has 2 aromatic rings. The fourth-order valence-electron chi connectivity index (χ4n) is 1.72. The van der Waals surface area contributed by atoms with Crippen LogP contribution < -0.4 is 11.1 Å². The molecule has 3 N–H and O–H groups in total. The predicted octanol–water partition coefficient (Wildman–Crippen LogP) is 2.80. The van der Waals surface area contributed by atoms with Gasteiger partial charge in [0, 0.05) is 11.9 Å². The van der Waals surface area contributed by atoms with Crippen LogP contribution in [0.25, 0.3) is 0 Å². The molecule has 4 nitrogen and oxygen atoms in total. The molecule has 0 aliphatic rings. The first-order chi connectivity index (χ1) is 9.90. The Kier molecular flexibility index (Phi) is 4.59. The number of halogens is 3. The molecule has 0 atom stereocenters. The SMILES string of the molecule is NCc1nc(CC(=O)Nc2ccccc2C(F)(F)F)cs1. The van der Waals surface area contributed by atoms with Crippen molar-refractivity contribution in [3.05, 3.63) is 45.9 Å². The van der Waals surface area contributed by atoms with Crippen LogP contribution in [0.15, 0.2) is 29.6 Å². The number of aromatic nitrogens is 1. The number of alkyl halides is 3. The van der Waals surface area contributed by atoms with Crippen LogP contribution >= 0.6 is 11.3 Å². The third kappa shape index (κ3) is 4.02. The van der Waals surface area contributed by atoms with Gasteiger partial charge >= 0.3 is 6.18 Å². The van der Waals surface area contributed by atoms with E-state index < -0.39 is 17.6 Å². The number of para-hydroxylation sites is 1. The van der Waals surface area contributed by atoms with Gasteiger partial charge in [-0.15, -0.1) is 11.3 Å². The first-order valence-corrected chi connectivity index (χ1v) is 6.87. The molecule has 0 spiro atoms. The van der Waals surface area contributed by atoms with Crippen molar-refractivity contribution < 1.29 is 18.0 Å². The van der Waals surface area contributed by atoms with Crippen LogP contribution in [-0.4, -0.2) is 10.9 Å². The van der Waals surface area contributed by atoms with E-state index in [1.807, 2.05) is 0 Å². The van der Waals surface area contributed by atoms with Gasteiger partial charge in [0.25, 0.3) is 0 Å². The summed E-state index contributed by atoms with van der Waals surface area (Å²) in [5.41, 5.74) is 4.76. The zero-order valence-corrected chi connectivity index (χ0v) is 11.6. The molecule has 8 heteroatoms. The number of amides is 1. The normalized spacial score (nSPS) is 11.4. The molecule has 21 heavy (non-hydrogen) atoms. The molecule has 0 fully saturated rings. The fourth-order valence-corrected chi connectivity index (χ4v) is 2.40. The number of nitrogens with zero attached hydrogens (tertiary/aromatic N) is 1. The molecule has 0 bridgehead atoms. The molecule has 1 aromatic carbocycles. The molecule has 0 unspecified atom stereocenters. The largest absolute Gasteiger partial charge is 0.418 e. The summed E-state index contributed by atoms with van der Waals surface area (Å²) in [6.07, 6.45) is -4.61. The van der Waals surface area contributed by atoms with E-state index >= 15 is 0 Å². The highest BCUT2D eigenvalue weighted by molar-refractivity contribution is 7.09. The van der Waals surface area contributed by atoms with Crippen LogP contribution in [0.2, 0.25) is 0 Å². The van der Waals surface area contributed by atoms with Crippen molar-refractivity contribution in [2.75, 3.05) is 5.32 Å². The van der Waals surface area contributed by atoms with Gasteiger partial charge in [-0.3, -0.25) is 4.79 Å². The molecular formula is C13H12F3N3OS. The van der Waals surface area contributed by atoms with Gasteiger partial charge in [0.2, 0.25) is 5.91 Å². The van der Waals surface area contributed by atoms with E-state index in [2.05, 4.69) is 10.3 Å². The summed E-state index contributed by atoms with van der Waals surface area (Å²) < 4.78 is 38.4. The maximum atomic E-state index is 12.8. The van der Waals surface area contributed by atoms with E-state index in [9.17, 15) is 18.0 Å². The molecule has 0 saturated heterocycles. The maximum absolute atomic E-state index is 12.8. The number of hydrogen-bond acceptors (Lipinski definition) is 4. The number of anilines is 1. The second kappa shape index (κ2) is 6.23. The summed E-state index contributed by atoms with van der Waals surface area (Å²) in [6.45, 7) is 0.267. The Morgan fingerprint density at radius 3 is 2.67 bits per heavy atom. The first-order valence-electron chi connectivity index (χ1n) is 5.99. The molecule has 1 aromatic heterocycles. The molecule has 2 rings (SSSR count). The minimum absolute atomic E-state index is 0.0946. The molecule has 0 saturated carbocycles. The van der Waals surface area contributed by atoms with Crippen molar-refractivity contribution in [1.29, 1.82) is 0 Å². The van der Waals surface area contributed by atoms with Crippen molar-refractivity contribution in [2.45, 2.75) is 19.1 Å². The van der Waals surface area contributed by atoms with Crippen LogP contribution in [0, 0.1) is 0 Å². The highest BCUT2D eigenvalue weighted by Crippen LogP contribution is 2.34. The number of benzene rings is 1. The number of hydrogen-bond donors (Lipinski definition) is 2. The summed E-state index contributed by atoms with van der Waals surface area (Å²) in [7, 11) is 0. The smallest absolute Gasteiger partial charge is 0.325 e. The summed E-state index contributed by atoms with van der Waals surface area (Å²) in [6, 6.07) is 4.84. The first kappa shape index (κ1) is 15.5. The molecular weight excluding hydrogens is 303 g/mol. The summed E-state index contributed by atoms with van der Waals surface area (Å²) >= 11 is 1.31. The predicted molar refractivity (Wildman–Crippen MR) is 73.8 cm³/mol. The summed E-state index contributed by atoms with van der Waals surface area (Å²) in [4.78, 5) is 15.9. The Morgan fingerprint density at radius 1 is 1.33 bits per heavy atom. The summed E-state index contributed by atoms with van der Waals surface area (Å²) in [5.74, 6) is -0.555. The van der Waals surface area contributed by atoms with E-state index in [0.717, 1.165) is 6.07 Å². The van der Waals surface area contributed by atoms with E-state index in [1.165, 1.54) is 29.5 Å². The maximum Gasteiger partial charge on any atom is 0.418 e. The lowest BCUT2D eigenvalue weighted by atomic mass is 10.1. The average Bonchev–Trinajstić information content (AvgIpc) is 2.85. The molecule has 1 heterocycles. The zero-order valence-electron chi connectivity index (χ0n) is 10.8. The Balaban J connectivity index is 2.09. The van der Waals surface area contributed by atoms with E-state index in [-0.39, 0.29) is 18.7 Å². The number of rotatable bonds is 4. The van der Waals surface area contributed by atoms with Crippen molar-refractivity contribution in [1.82, 2.24) is 4.98 Å². The lowest BCUT2D eigenvalue weighted by Gasteiger charge is -2.13. The van der Waals surface area contributed by atoms with Crippen molar-refractivity contribution in [3.8, 4) is 0 Å². The number of nitrogens with two attached hydrogens (primary N) is 1. The van der Waals surface area contributed by atoms with Gasteiger partial charge in [0.15, 0.2) is 0 Å². The third-order valence-electron chi connectivity index (χ3n) is 2.62. The zero-order chi connectivity index (χ0) is 15.5. The van der Waals surface area contributed by atoms with Gasteiger partial charge in [-0.05, 0) is 12.1 Å². The Hall–Kier alpha value is -1.93. The quantitative estimate of drug-likeness (QED) is 0.911. The fraction of sp³-hybridized carbons (Fsp3) is 0.231. The highest BCUT2D eigenvalue weighted by Gasteiger charge is 2.33. The third-order valence-corrected chi connectivity index (χ3v) is 3.54. The standard InChI is InChI=1S/C13H12F3N3OS/c14-13(15,16)9-3-1-2-4-10(9)19-11(20)5-8-7-21-12(6-17)18-8/h1-4,7H,5-6,17H2,(H,19,20). The van der Waals surface area contributed by atoms with Crippen LogP contribution in [0.1, 0.15) is 16.3 Å². The number of carbonyl (C=O) groups excluding carboxylic acids is 1. The van der Waals surface area contributed by atoms with E-state index in [4.69, 9.17) is 5.73 Å².